The fraction of sp³-hybridized carbons (Fsp3) is 0.833. The van der Waals surface area contributed by atoms with Crippen LogP contribution in [0, 0.1) is 16.7 Å². The Morgan fingerprint density at radius 3 is 2.17 bits per heavy atom. The van der Waals surface area contributed by atoms with Gasteiger partial charge < -0.3 is 0 Å². The van der Waals surface area contributed by atoms with E-state index in [1.807, 2.05) is 0 Å². The molecule has 0 aliphatic heterocycles. The highest BCUT2D eigenvalue weighted by Crippen LogP contribution is 2.42. The Kier molecular flexibility index (Phi) is 2.38. The van der Waals surface area contributed by atoms with Crippen molar-refractivity contribution in [3.63, 3.8) is 0 Å². The van der Waals surface area contributed by atoms with Crippen LogP contribution >= 0.6 is 0 Å². The van der Waals surface area contributed by atoms with Gasteiger partial charge >= 0.3 is 0 Å². The molecule has 1 aliphatic rings. The molecule has 0 bridgehead atoms. The Balaban J connectivity index is 2.69. The van der Waals surface area contributed by atoms with E-state index < -0.39 is 0 Å². The third-order valence-electron chi connectivity index (χ3n) is 2.99. The van der Waals surface area contributed by atoms with Gasteiger partial charge in [0.15, 0.2) is 0 Å². The molecule has 70 valence electrons. The van der Waals surface area contributed by atoms with Crippen LogP contribution in [0.25, 0.3) is 0 Å². The molecule has 0 N–H and O–H groups in total. The van der Waals surface area contributed by atoms with Crippen LogP contribution in [0.1, 0.15) is 47.5 Å². The molecule has 0 spiro atoms. The second kappa shape index (κ2) is 2.90. The molecule has 0 radical (unpaired) electrons. The predicted octanol–water partition coefficient (Wildman–Crippen LogP) is 4.02. The van der Waals surface area contributed by atoms with Gasteiger partial charge in [-0.15, -0.1) is 0 Å². The summed E-state index contributed by atoms with van der Waals surface area (Å²) in [6, 6.07) is 0. The van der Waals surface area contributed by atoms with Crippen molar-refractivity contribution in [2.75, 3.05) is 0 Å². The van der Waals surface area contributed by atoms with E-state index in [-0.39, 0.29) is 0 Å². The monoisotopic (exact) mass is 166 g/mol. The topological polar surface area (TPSA) is 0 Å². The zero-order valence-corrected chi connectivity index (χ0v) is 9.15. The van der Waals surface area contributed by atoms with E-state index in [1.165, 1.54) is 12.8 Å². The van der Waals surface area contributed by atoms with E-state index in [0.29, 0.717) is 10.8 Å². The maximum Gasteiger partial charge on any atom is -0.0172 e. The molecule has 0 aromatic heterocycles. The maximum absolute atomic E-state index is 2.37. The Morgan fingerprint density at radius 1 is 1.25 bits per heavy atom. The van der Waals surface area contributed by atoms with Crippen LogP contribution in [0.15, 0.2) is 12.2 Å². The lowest BCUT2D eigenvalue weighted by Crippen LogP contribution is -2.28. The lowest BCUT2D eigenvalue weighted by molar-refractivity contribution is 0.170. The molecular weight excluding hydrogens is 144 g/mol. The third kappa shape index (κ3) is 2.36. The molecule has 0 saturated heterocycles. The average molecular weight is 166 g/mol. The summed E-state index contributed by atoms with van der Waals surface area (Å²) in [5, 5.41) is 0. The summed E-state index contributed by atoms with van der Waals surface area (Å²) in [6.07, 6.45) is 7.34. The Hall–Kier alpha value is -0.260. The van der Waals surface area contributed by atoms with Crippen LogP contribution in [0.4, 0.5) is 0 Å². The molecule has 0 nitrogen and oxygen atoms in total. The van der Waals surface area contributed by atoms with Crippen molar-refractivity contribution in [3.05, 3.63) is 12.2 Å². The maximum atomic E-state index is 2.37. The largest absolute Gasteiger partial charge is 0.0877 e. The smallest absolute Gasteiger partial charge is 0.0172 e. The molecule has 0 aromatic rings. The minimum absolute atomic E-state index is 0.427. The summed E-state index contributed by atoms with van der Waals surface area (Å²) in [5.41, 5.74) is 0.901. The molecule has 0 amide bonds. The summed E-state index contributed by atoms with van der Waals surface area (Å²) in [5.74, 6) is 0.859. The zero-order valence-electron chi connectivity index (χ0n) is 9.15. The summed E-state index contributed by atoms with van der Waals surface area (Å²) in [4.78, 5) is 0. The molecule has 0 aromatic carbocycles. The van der Waals surface area contributed by atoms with Gasteiger partial charge in [0.1, 0.15) is 0 Å². The SMILES string of the molecule is CC1(C)C=CCC(C(C)(C)C)C1. The van der Waals surface area contributed by atoms with Gasteiger partial charge in [-0.25, -0.2) is 0 Å². The van der Waals surface area contributed by atoms with E-state index in [0.717, 1.165) is 5.92 Å². The van der Waals surface area contributed by atoms with Crippen molar-refractivity contribution in [3.8, 4) is 0 Å². The van der Waals surface area contributed by atoms with Crippen molar-refractivity contribution in [1.82, 2.24) is 0 Å². The quantitative estimate of drug-likeness (QED) is 0.477. The molecule has 0 fully saturated rings. The van der Waals surface area contributed by atoms with Crippen LogP contribution in [-0.4, -0.2) is 0 Å². The number of hydrogen-bond donors (Lipinski definition) is 0. The molecule has 1 rings (SSSR count). The first-order chi connectivity index (χ1) is 5.31. The van der Waals surface area contributed by atoms with E-state index >= 15 is 0 Å². The minimum Gasteiger partial charge on any atom is -0.0877 e. The number of rotatable bonds is 0. The molecular formula is C12H22. The molecule has 1 atom stereocenters. The van der Waals surface area contributed by atoms with Gasteiger partial charge in [-0.1, -0.05) is 46.8 Å². The lowest BCUT2D eigenvalue weighted by Gasteiger charge is -2.38. The number of hydrogen-bond acceptors (Lipinski definition) is 0. The summed E-state index contributed by atoms with van der Waals surface area (Å²) in [6.45, 7) is 11.7. The van der Waals surface area contributed by atoms with Gasteiger partial charge in [-0.3, -0.25) is 0 Å². The highest BCUT2D eigenvalue weighted by atomic mass is 14.4. The minimum atomic E-state index is 0.427. The van der Waals surface area contributed by atoms with Crippen LogP contribution in [-0.2, 0) is 0 Å². The fourth-order valence-electron chi connectivity index (χ4n) is 2.00. The van der Waals surface area contributed by atoms with Gasteiger partial charge in [-0.2, -0.15) is 0 Å². The standard InChI is InChI=1S/C12H22/c1-11(2,3)10-7-6-8-12(4,5)9-10/h6,8,10H,7,9H2,1-5H3. The fourth-order valence-corrected chi connectivity index (χ4v) is 2.00. The first-order valence-electron chi connectivity index (χ1n) is 4.99. The normalized spacial score (nSPS) is 28.9. The first kappa shape index (κ1) is 9.83. The molecule has 0 heteroatoms. The highest BCUT2D eigenvalue weighted by Gasteiger charge is 2.31. The Bertz CT molecular complexity index is 179. The van der Waals surface area contributed by atoms with Crippen molar-refractivity contribution in [2.24, 2.45) is 16.7 Å². The number of allylic oxidation sites excluding steroid dienone is 2. The van der Waals surface area contributed by atoms with Crippen molar-refractivity contribution < 1.29 is 0 Å². The molecule has 1 aliphatic carbocycles. The molecule has 1 unspecified atom stereocenters. The van der Waals surface area contributed by atoms with E-state index in [2.05, 4.69) is 46.8 Å². The summed E-state index contributed by atoms with van der Waals surface area (Å²) < 4.78 is 0. The zero-order chi connectivity index (χ0) is 9.41. The van der Waals surface area contributed by atoms with Gasteiger partial charge in [0, 0.05) is 0 Å². The predicted molar refractivity (Wildman–Crippen MR) is 55.1 cm³/mol. The lowest BCUT2D eigenvalue weighted by atomic mass is 9.67. The van der Waals surface area contributed by atoms with Gasteiger partial charge in [0.05, 0.1) is 0 Å². The Morgan fingerprint density at radius 2 is 1.83 bits per heavy atom. The molecule has 12 heavy (non-hydrogen) atoms. The van der Waals surface area contributed by atoms with Gasteiger partial charge in [0.2, 0.25) is 0 Å². The van der Waals surface area contributed by atoms with Crippen LogP contribution in [0.2, 0.25) is 0 Å². The van der Waals surface area contributed by atoms with Crippen molar-refractivity contribution in [1.29, 1.82) is 0 Å². The van der Waals surface area contributed by atoms with E-state index in [9.17, 15) is 0 Å². The molecule has 0 heterocycles. The third-order valence-corrected chi connectivity index (χ3v) is 2.99. The Labute approximate surface area is 77.1 Å². The van der Waals surface area contributed by atoms with Crippen molar-refractivity contribution >= 4 is 0 Å². The van der Waals surface area contributed by atoms with Crippen LogP contribution in [0.3, 0.4) is 0 Å². The average Bonchev–Trinajstić information content (AvgIpc) is 1.83. The van der Waals surface area contributed by atoms with Gasteiger partial charge in [-0.05, 0) is 29.6 Å². The first-order valence-corrected chi connectivity index (χ1v) is 4.99. The summed E-state index contributed by atoms with van der Waals surface area (Å²) in [7, 11) is 0. The molecule has 0 saturated carbocycles. The van der Waals surface area contributed by atoms with Crippen molar-refractivity contribution in [2.45, 2.75) is 47.5 Å². The second-order valence-electron chi connectivity index (χ2n) is 5.89. The van der Waals surface area contributed by atoms with E-state index in [1.54, 1.807) is 0 Å². The second-order valence-corrected chi connectivity index (χ2v) is 5.89. The highest BCUT2D eigenvalue weighted by molar-refractivity contribution is 5.03. The summed E-state index contributed by atoms with van der Waals surface area (Å²) >= 11 is 0. The van der Waals surface area contributed by atoms with Crippen LogP contribution < -0.4 is 0 Å². The van der Waals surface area contributed by atoms with E-state index in [4.69, 9.17) is 0 Å². The van der Waals surface area contributed by atoms with Crippen LogP contribution in [0.5, 0.6) is 0 Å². The van der Waals surface area contributed by atoms with Gasteiger partial charge in [0.25, 0.3) is 0 Å².